The number of carbonyl (C=O) groups excluding carboxylic acids is 2. The molecule has 172 valence electrons. The summed E-state index contributed by atoms with van der Waals surface area (Å²) in [7, 11) is 0. The number of hydrogen-bond donors (Lipinski definition) is 2. The Balaban J connectivity index is 1.45. The van der Waals surface area contributed by atoms with Crippen molar-refractivity contribution < 1.29 is 14.3 Å². The zero-order chi connectivity index (χ0) is 23.8. The van der Waals surface area contributed by atoms with Crippen LogP contribution < -0.4 is 15.6 Å². The van der Waals surface area contributed by atoms with Gasteiger partial charge in [0, 0.05) is 11.0 Å². The smallest absolute Gasteiger partial charge is 0.269 e. The molecule has 0 atom stereocenters. The first-order chi connectivity index (χ1) is 15.8. The number of benzene rings is 3. The molecule has 0 bridgehead atoms. The maximum Gasteiger partial charge on any atom is 0.269 e. The van der Waals surface area contributed by atoms with Crippen LogP contribution in [-0.4, -0.2) is 18.4 Å². The Morgan fingerprint density at radius 2 is 1.52 bits per heavy atom. The Morgan fingerprint density at radius 1 is 0.848 bits per heavy atom. The molecule has 0 aromatic heterocycles. The third-order valence-corrected chi connectivity index (χ3v) is 5.71. The molecule has 5 heteroatoms. The molecule has 5 nitrogen and oxygen atoms in total. The van der Waals surface area contributed by atoms with Crippen LogP contribution in [0.1, 0.15) is 48.2 Å². The van der Waals surface area contributed by atoms with Crippen molar-refractivity contribution in [2.24, 2.45) is 5.41 Å². The molecule has 0 aliphatic carbocycles. The maximum atomic E-state index is 12.6. The van der Waals surface area contributed by atoms with E-state index in [1.165, 1.54) is 0 Å². The van der Waals surface area contributed by atoms with Gasteiger partial charge in [-0.25, -0.2) is 0 Å². The first kappa shape index (κ1) is 24.1. The molecule has 0 radical (unpaired) electrons. The lowest BCUT2D eigenvalue weighted by Gasteiger charge is -2.23. The topological polar surface area (TPSA) is 67.4 Å². The van der Waals surface area contributed by atoms with E-state index in [9.17, 15) is 9.59 Å². The number of nitrogens with one attached hydrogen (secondary N) is 2. The zero-order valence-corrected chi connectivity index (χ0v) is 19.8. The minimum Gasteiger partial charge on any atom is -0.493 e. The Hall–Kier alpha value is -3.60. The minimum atomic E-state index is -0.643. The molecule has 2 amide bonds. The van der Waals surface area contributed by atoms with Gasteiger partial charge in [0.2, 0.25) is 5.91 Å². The lowest BCUT2D eigenvalue weighted by Crippen LogP contribution is -2.47. The second-order valence-corrected chi connectivity index (χ2v) is 8.96. The van der Waals surface area contributed by atoms with Crippen LogP contribution in [0, 0.1) is 19.3 Å². The van der Waals surface area contributed by atoms with Crippen molar-refractivity contribution in [3.63, 3.8) is 0 Å². The van der Waals surface area contributed by atoms with Crippen LogP contribution in [-0.2, 0) is 4.79 Å². The number of hydrazine groups is 1. The first-order valence-electron chi connectivity index (χ1n) is 11.2. The standard InChI is InChI=1S/C28H32N2O3/c1-20-11-12-21(2)25(19-20)33-18-8-17-28(3,4)27(32)30-29-26(31)24-15-13-23(14-16-24)22-9-6-5-7-10-22/h5-7,9-16,19H,8,17-18H2,1-4H3,(H,29,31)(H,30,32). The minimum absolute atomic E-state index is 0.233. The van der Waals surface area contributed by atoms with E-state index in [1.54, 1.807) is 12.1 Å². The molecule has 3 aromatic rings. The van der Waals surface area contributed by atoms with Crippen molar-refractivity contribution in [2.45, 2.75) is 40.5 Å². The van der Waals surface area contributed by atoms with Gasteiger partial charge in [-0.3, -0.25) is 20.4 Å². The number of hydrogen-bond acceptors (Lipinski definition) is 3. The highest BCUT2D eigenvalue weighted by Crippen LogP contribution is 2.24. The lowest BCUT2D eigenvalue weighted by atomic mass is 9.87. The van der Waals surface area contributed by atoms with Crippen LogP contribution in [0.25, 0.3) is 11.1 Å². The third-order valence-electron chi connectivity index (χ3n) is 5.71. The van der Waals surface area contributed by atoms with E-state index in [-0.39, 0.29) is 11.8 Å². The van der Waals surface area contributed by atoms with Gasteiger partial charge in [0.15, 0.2) is 0 Å². The average molecular weight is 445 g/mol. The van der Waals surface area contributed by atoms with Gasteiger partial charge < -0.3 is 4.74 Å². The zero-order valence-electron chi connectivity index (χ0n) is 19.8. The summed E-state index contributed by atoms with van der Waals surface area (Å²) in [5.74, 6) is 0.295. The summed E-state index contributed by atoms with van der Waals surface area (Å²) >= 11 is 0. The SMILES string of the molecule is Cc1ccc(C)c(OCCCC(C)(C)C(=O)NNC(=O)c2ccc(-c3ccccc3)cc2)c1. The summed E-state index contributed by atoms with van der Waals surface area (Å²) in [6.45, 7) is 8.30. The summed E-state index contributed by atoms with van der Waals surface area (Å²) in [6.07, 6.45) is 1.36. The quantitative estimate of drug-likeness (QED) is 0.350. The molecule has 0 heterocycles. The summed E-state index contributed by atoms with van der Waals surface area (Å²) in [5.41, 5.74) is 9.29. The largest absolute Gasteiger partial charge is 0.493 e. The van der Waals surface area contributed by atoms with Crippen LogP contribution >= 0.6 is 0 Å². The Morgan fingerprint density at radius 3 is 2.21 bits per heavy atom. The summed E-state index contributed by atoms with van der Waals surface area (Å²) in [5, 5.41) is 0. The molecule has 33 heavy (non-hydrogen) atoms. The van der Waals surface area contributed by atoms with E-state index in [0.29, 0.717) is 18.6 Å². The van der Waals surface area contributed by atoms with Crippen LogP contribution in [0.4, 0.5) is 0 Å². The van der Waals surface area contributed by atoms with E-state index < -0.39 is 5.41 Å². The van der Waals surface area contributed by atoms with Crippen LogP contribution in [0.2, 0.25) is 0 Å². The summed E-state index contributed by atoms with van der Waals surface area (Å²) < 4.78 is 5.89. The number of amides is 2. The highest BCUT2D eigenvalue weighted by atomic mass is 16.5. The predicted molar refractivity (Wildman–Crippen MR) is 132 cm³/mol. The van der Waals surface area contributed by atoms with Crippen LogP contribution in [0.3, 0.4) is 0 Å². The van der Waals surface area contributed by atoms with Crippen molar-refractivity contribution in [3.8, 4) is 16.9 Å². The van der Waals surface area contributed by atoms with Gasteiger partial charge in [-0.2, -0.15) is 0 Å². The molecular weight excluding hydrogens is 412 g/mol. The second-order valence-electron chi connectivity index (χ2n) is 8.96. The fourth-order valence-corrected chi connectivity index (χ4v) is 3.47. The normalized spacial score (nSPS) is 11.0. The van der Waals surface area contributed by atoms with E-state index in [4.69, 9.17) is 4.74 Å². The first-order valence-corrected chi connectivity index (χ1v) is 11.2. The highest BCUT2D eigenvalue weighted by molar-refractivity contribution is 5.96. The van der Waals surface area contributed by atoms with E-state index in [2.05, 4.69) is 16.9 Å². The fraction of sp³-hybridized carbons (Fsp3) is 0.286. The monoisotopic (exact) mass is 444 g/mol. The third kappa shape index (κ3) is 6.69. The van der Waals surface area contributed by atoms with Gasteiger partial charge in [-0.15, -0.1) is 0 Å². The molecule has 3 aromatic carbocycles. The molecule has 2 N–H and O–H groups in total. The molecule has 0 aliphatic heterocycles. The Bertz CT molecular complexity index is 1090. The second kappa shape index (κ2) is 10.8. The molecule has 0 fully saturated rings. The van der Waals surface area contributed by atoms with Gasteiger partial charge in [0.05, 0.1) is 6.61 Å². The van der Waals surface area contributed by atoms with Crippen molar-refractivity contribution in [1.82, 2.24) is 10.9 Å². The van der Waals surface area contributed by atoms with E-state index >= 15 is 0 Å². The number of rotatable bonds is 8. The summed E-state index contributed by atoms with van der Waals surface area (Å²) in [6, 6.07) is 23.4. The molecule has 0 saturated heterocycles. The van der Waals surface area contributed by atoms with Gasteiger partial charge in [0.1, 0.15) is 5.75 Å². The Kier molecular flexibility index (Phi) is 7.88. The van der Waals surface area contributed by atoms with Crippen molar-refractivity contribution in [1.29, 1.82) is 0 Å². The van der Waals surface area contributed by atoms with E-state index in [0.717, 1.165) is 34.4 Å². The predicted octanol–water partition coefficient (Wildman–Crippen LogP) is 5.62. The van der Waals surface area contributed by atoms with Gasteiger partial charge in [0.25, 0.3) is 5.91 Å². The van der Waals surface area contributed by atoms with Gasteiger partial charge in [-0.05, 0) is 67.1 Å². The average Bonchev–Trinajstić information content (AvgIpc) is 2.82. The van der Waals surface area contributed by atoms with Gasteiger partial charge >= 0.3 is 0 Å². The molecule has 0 spiro atoms. The van der Waals surface area contributed by atoms with Crippen molar-refractivity contribution in [3.05, 3.63) is 89.5 Å². The molecule has 0 aliphatic rings. The van der Waals surface area contributed by atoms with E-state index in [1.807, 2.05) is 82.3 Å². The summed E-state index contributed by atoms with van der Waals surface area (Å²) in [4.78, 5) is 25.1. The number of aryl methyl sites for hydroxylation is 2. The van der Waals surface area contributed by atoms with Crippen molar-refractivity contribution in [2.75, 3.05) is 6.61 Å². The van der Waals surface area contributed by atoms with Gasteiger partial charge in [-0.1, -0.05) is 68.4 Å². The van der Waals surface area contributed by atoms with Crippen LogP contribution in [0.15, 0.2) is 72.8 Å². The van der Waals surface area contributed by atoms with Crippen molar-refractivity contribution >= 4 is 11.8 Å². The highest BCUT2D eigenvalue weighted by Gasteiger charge is 2.27. The Labute approximate surface area is 196 Å². The number of ether oxygens (including phenoxy) is 1. The van der Waals surface area contributed by atoms with Crippen LogP contribution in [0.5, 0.6) is 5.75 Å². The molecular formula is C28H32N2O3. The fourth-order valence-electron chi connectivity index (χ4n) is 3.47. The molecule has 3 rings (SSSR count). The molecule has 0 unspecified atom stereocenters. The maximum absolute atomic E-state index is 12.6. The lowest BCUT2D eigenvalue weighted by molar-refractivity contribution is -0.130. The number of carbonyl (C=O) groups is 2. The molecule has 0 saturated carbocycles.